The van der Waals surface area contributed by atoms with E-state index in [-0.39, 0.29) is 5.78 Å². The zero-order valence-electron chi connectivity index (χ0n) is 12.6. The van der Waals surface area contributed by atoms with Gasteiger partial charge in [-0.05, 0) is 60.4 Å². The molecule has 0 unspecified atom stereocenters. The highest BCUT2D eigenvalue weighted by Gasteiger charge is 2.24. The van der Waals surface area contributed by atoms with E-state index >= 15 is 0 Å². The number of hydrogen-bond acceptors (Lipinski definition) is 2. The molecule has 0 bridgehead atoms. The third-order valence-corrected chi connectivity index (χ3v) is 4.63. The van der Waals surface area contributed by atoms with E-state index in [0.717, 1.165) is 42.6 Å². The second kappa shape index (κ2) is 5.53. The van der Waals surface area contributed by atoms with Crippen molar-refractivity contribution in [1.82, 2.24) is 4.98 Å². The minimum absolute atomic E-state index is 0.216. The summed E-state index contributed by atoms with van der Waals surface area (Å²) in [4.78, 5) is 16.9. The minimum atomic E-state index is 0.216. The number of aryl methyl sites for hydroxylation is 2. The van der Waals surface area contributed by atoms with Crippen molar-refractivity contribution in [2.45, 2.75) is 38.5 Å². The standard InChI is InChI=1S/C20H19NO/c22-18-11-5-10-17-13-16-9-4-8-15(19(16)21-20(17)18)12-14-6-2-1-3-7-14/h1-3,6-7,12-13H,4-5,8-11H2. The second-order valence-electron chi connectivity index (χ2n) is 6.21. The topological polar surface area (TPSA) is 30.0 Å². The predicted molar refractivity (Wildman–Crippen MR) is 88.8 cm³/mol. The number of nitrogens with zero attached hydrogens (tertiary/aromatic N) is 1. The van der Waals surface area contributed by atoms with Gasteiger partial charge in [0.05, 0.1) is 5.69 Å². The molecule has 0 saturated heterocycles. The van der Waals surface area contributed by atoms with Gasteiger partial charge in [0, 0.05) is 6.42 Å². The van der Waals surface area contributed by atoms with E-state index in [2.05, 4.69) is 36.4 Å². The molecule has 1 aromatic heterocycles. The van der Waals surface area contributed by atoms with Crippen LogP contribution in [0.1, 0.15) is 58.6 Å². The van der Waals surface area contributed by atoms with Gasteiger partial charge in [0.25, 0.3) is 0 Å². The van der Waals surface area contributed by atoms with E-state index in [1.165, 1.54) is 23.1 Å². The van der Waals surface area contributed by atoms with E-state index < -0.39 is 0 Å². The lowest BCUT2D eigenvalue weighted by Crippen LogP contribution is -2.17. The number of carbonyl (C=O) groups excluding carboxylic acids is 1. The first kappa shape index (κ1) is 13.4. The van der Waals surface area contributed by atoms with Crippen LogP contribution in [-0.2, 0) is 12.8 Å². The van der Waals surface area contributed by atoms with Gasteiger partial charge in [-0.25, -0.2) is 4.98 Å². The largest absolute Gasteiger partial charge is 0.292 e. The first-order valence-electron chi connectivity index (χ1n) is 8.13. The van der Waals surface area contributed by atoms with Crippen LogP contribution in [0.15, 0.2) is 36.4 Å². The van der Waals surface area contributed by atoms with E-state index in [9.17, 15) is 4.79 Å². The quantitative estimate of drug-likeness (QED) is 0.775. The zero-order valence-corrected chi connectivity index (χ0v) is 12.6. The van der Waals surface area contributed by atoms with Crippen molar-refractivity contribution in [3.63, 3.8) is 0 Å². The lowest BCUT2D eigenvalue weighted by atomic mass is 9.86. The molecule has 0 spiro atoms. The smallest absolute Gasteiger partial charge is 0.181 e. The fraction of sp³-hybridized carbons (Fsp3) is 0.300. The summed E-state index contributed by atoms with van der Waals surface area (Å²) in [5, 5.41) is 0. The summed E-state index contributed by atoms with van der Waals surface area (Å²) >= 11 is 0. The van der Waals surface area contributed by atoms with Gasteiger partial charge in [-0.15, -0.1) is 0 Å². The number of Topliss-reactive ketones (excluding diaryl/α,β-unsaturated/α-hetero) is 1. The molecule has 0 radical (unpaired) electrons. The van der Waals surface area contributed by atoms with Crippen LogP contribution in [0, 0.1) is 0 Å². The maximum Gasteiger partial charge on any atom is 0.181 e. The van der Waals surface area contributed by atoms with Crippen LogP contribution in [0.3, 0.4) is 0 Å². The van der Waals surface area contributed by atoms with Crippen LogP contribution in [0.4, 0.5) is 0 Å². The van der Waals surface area contributed by atoms with Crippen LogP contribution in [0.25, 0.3) is 11.6 Å². The van der Waals surface area contributed by atoms with Gasteiger partial charge < -0.3 is 0 Å². The molecule has 22 heavy (non-hydrogen) atoms. The molecule has 2 aliphatic rings. The van der Waals surface area contributed by atoms with E-state index in [0.29, 0.717) is 6.42 Å². The molecule has 2 aliphatic carbocycles. The maximum atomic E-state index is 12.2. The number of ketones is 1. The molecular formula is C20H19NO. The third-order valence-electron chi connectivity index (χ3n) is 4.63. The number of benzene rings is 1. The Labute approximate surface area is 130 Å². The lowest BCUT2D eigenvalue weighted by molar-refractivity contribution is 0.0967. The van der Waals surface area contributed by atoms with Gasteiger partial charge in [-0.1, -0.05) is 36.4 Å². The second-order valence-corrected chi connectivity index (χ2v) is 6.21. The number of rotatable bonds is 1. The van der Waals surface area contributed by atoms with Crippen LogP contribution in [0.5, 0.6) is 0 Å². The van der Waals surface area contributed by atoms with Crippen molar-refractivity contribution in [3.05, 3.63) is 64.5 Å². The molecule has 4 rings (SSSR count). The Bertz CT molecular complexity index is 759. The Morgan fingerprint density at radius 1 is 0.864 bits per heavy atom. The summed E-state index contributed by atoms with van der Waals surface area (Å²) in [7, 11) is 0. The number of carbonyl (C=O) groups is 1. The summed E-state index contributed by atoms with van der Waals surface area (Å²) < 4.78 is 0. The third kappa shape index (κ3) is 2.39. The monoisotopic (exact) mass is 289 g/mol. The molecule has 0 amide bonds. The van der Waals surface area contributed by atoms with Crippen molar-refractivity contribution < 1.29 is 4.79 Å². The van der Waals surface area contributed by atoms with Crippen LogP contribution >= 0.6 is 0 Å². The number of allylic oxidation sites excluding steroid dienone is 1. The summed E-state index contributed by atoms with van der Waals surface area (Å²) in [5.41, 5.74) is 6.75. The summed E-state index contributed by atoms with van der Waals surface area (Å²) in [5.74, 6) is 0.216. The molecule has 2 heteroatoms. The van der Waals surface area contributed by atoms with Crippen molar-refractivity contribution in [3.8, 4) is 0 Å². The molecule has 0 aliphatic heterocycles. The van der Waals surface area contributed by atoms with Crippen molar-refractivity contribution in [2.24, 2.45) is 0 Å². The summed E-state index contributed by atoms with van der Waals surface area (Å²) in [6, 6.07) is 12.6. The first-order chi connectivity index (χ1) is 10.8. The Kier molecular flexibility index (Phi) is 3.38. The molecule has 0 atom stereocenters. The minimum Gasteiger partial charge on any atom is -0.292 e. The van der Waals surface area contributed by atoms with Gasteiger partial charge in [-0.3, -0.25) is 4.79 Å². The Morgan fingerprint density at radius 2 is 1.59 bits per heavy atom. The van der Waals surface area contributed by atoms with E-state index in [1.54, 1.807) is 0 Å². The number of fused-ring (bicyclic) bond motifs is 2. The van der Waals surface area contributed by atoms with Crippen molar-refractivity contribution in [1.29, 1.82) is 0 Å². The Morgan fingerprint density at radius 3 is 2.41 bits per heavy atom. The van der Waals surface area contributed by atoms with Crippen LogP contribution in [0.2, 0.25) is 0 Å². The molecule has 1 aromatic carbocycles. The Balaban J connectivity index is 1.82. The average Bonchev–Trinajstić information content (AvgIpc) is 2.55. The average molecular weight is 289 g/mol. The van der Waals surface area contributed by atoms with E-state index in [1.807, 2.05) is 6.07 Å². The van der Waals surface area contributed by atoms with Crippen LogP contribution < -0.4 is 0 Å². The molecule has 0 fully saturated rings. The normalized spacial score (nSPS) is 18.9. The van der Waals surface area contributed by atoms with Gasteiger partial charge in [-0.2, -0.15) is 0 Å². The summed E-state index contributed by atoms with van der Waals surface area (Å²) in [6.45, 7) is 0. The molecule has 1 heterocycles. The molecule has 2 nitrogen and oxygen atoms in total. The molecule has 2 aromatic rings. The lowest BCUT2D eigenvalue weighted by Gasteiger charge is -2.22. The van der Waals surface area contributed by atoms with Crippen molar-refractivity contribution >= 4 is 17.4 Å². The number of aromatic nitrogens is 1. The highest BCUT2D eigenvalue weighted by molar-refractivity contribution is 5.97. The SMILES string of the molecule is O=C1CCCc2cc3c(nc21)C(=Cc1ccccc1)CCC3. The fourth-order valence-corrected chi connectivity index (χ4v) is 3.54. The van der Waals surface area contributed by atoms with Gasteiger partial charge in [0.1, 0.15) is 5.69 Å². The highest BCUT2D eigenvalue weighted by atomic mass is 16.1. The predicted octanol–water partition coefficient (Wildman–Crippen LogP) is 4.48. The molecular weight excluding hydrogens is 270 g/mol. The van der Waals surface area contributed by atoms with Gasteiger partial charge in [0.2, 0.25) is 0 Å². The number of pyridine rings is 1. The van der Waals surface area contributed by atoms with Crippen LogP contribution in [-0.4, -0.2) is 10.8 Å². The molecule has 0 N–H and O–H groups in total. The highest BCUT2D eigenvalue weighted by Crippen LogP contribution is 2.33. The van der Waals surface area contributed by atoms with Gasteiger partial charge in [0.15, 0.2) is 5.78 Å². The fourth-order valence-electron chi connectivity index (χ4n) is 3.54. The molecule has 0 saturated carbocycles. The molecule has 110 valence electrons. The van der Waals surface area contributed by atoms with E-state index in [4.69, 9.17) is 4.98 Å². The summed E-state index contributed by atoms with van der Waals surface area (Å²) in [6.07, 6.45) is 8.14. The van der Waals surface area contributed by atoms with Gasteiger partial charge >= 0.3 is 0 Å². The zero-order chi connectivity index (χ0) is 14.9. The maximum absolute atomic E-state index is 12.2. The first-order valence-corrected chi connectivity index (χ1v) is 8.13. The number of hydrogen-bond donors (Lipinski definition) is 0. The Hall–Kier alpha value is -2.22. The van der Waals surface area contributed by atoms with Crippen molar-refractivity contribution in [2.75, 3.05) is 0 Å².